The van der Waals surface area contributed by atoms with Gasteiger partial charge in [0.15, 0.2) is 0 Å². The Labute approximate surface area is 223 Å². The summed E-state index contributed by atoms with van der Waals surface area (Å²) in [6.07, 6.45) is 11.3. The molecule has 0 amide bonds. The van der Waals surface area contributed by atoms with E-state index in [4.69, 9.17) is 4.74 Å². The van der Waals surface area contributed by atoms with Crippen molar-refractivity contribution in [2.24, 2.45) is 5.92 Å². The minimum absolute atomic E-state index is 0.0147. The van der Waals surface area contributed by atoms with Crippen LogP contribution in [0.15, 0.2) is 60.7 Å². The van der Waals surface area contributed by atoms with Crippen molar-refractivity contribution < 1.29 is 9.53 Å². The summed E-state index contributed by atoms with van der Waals surface area (Å²) in [5.41, 5.74) is 2.95. The van der Waals surface area contributed by atoms with Crippen molar-refractivity contribution in [2.75, 3.05) is 32.7 Å². The van der Waals surface area contributed by atoms with E-state index in [9.17, 15) is 4.79 Å². The van der Waals surface area contributed by atoms with Gasteiger partial charge in [0.05, 0.1) is 0 Å². The Hall–Kier alpha value is -2.17. The Morgan fingerprint density at radius 2 is 1.32 bits per heavy atom. The lowest BCUT2D eigenvalue weighted by Gasteiger charge is -2.62. The molecule has 3 unspecified atom stereocenters. The summed E-state index contributed by atoms with van der Waals surface area (Å²) in [5.74, 6) is 1.18. The van der Waals surface area contributed by atoms with E-state index in [-0.39, 0.29) is 17.6 Å². The topological polar surface area (TPSA) is 32.8 Å². The monoisotopic (exact) mass is 500 g/mol. The van der Waals surface area contributed by atoms with Crippen LogP contribution < -0.4 is 0 Å². The molecule has 2 bridgehead atoms. The Morgan fingerprint density at radius 3 is 1.92 bits per heavy atom. The van der Waals surface area contributed by atoms with Gasteiger partial charge in [-0.1, -0.05) is 67.1 Å². The van der Waals surface area contributed by atoms with Crippen LogP contribution in [0, 0.1) is 5.92 Å². The van der Waals surface area contributed by atoms with E-state index in [1.54, 1.807) is 0 Å². The molecule has 0 aromatic heterocycles. The van der Waals surface area contributed by atoms with E-state index in [2.05, 4.69) is 70.5 Å². The Morgan fingerprint density at radius 1 is 0.757 bits per heavy atom. The van der Waals surface area contributed by atoms with Crippen LogP contribution in [0.25, 0.3) is 0 Å². The Balaban J connectivity index is 1.29. The van der Waals surface area contributed by atoms with Crippen LogP contribution in [0.2, 0.25) is 0 Å². The first-order valence-corrected chi connectivity index (χ1v) is 15.0. The molecule has 37 heavy (non-hydrogen) atoms. The number of carbonyl (C=O) groups excluding carboxylic acids is 1. The second kappa shape index (κ2) is 11.3. The van der Waals surface area contributed by atoms with Crippen LogP contribution in [-0.4, -0.2) is 60.1 Å². The molecule has 2 heterocycles. The molecule has 2 saturated heterocycles. The molecule has 4 heteroatoms. The first-order valence-electron chi connectivity index (χ1n) is 15.0. The van der Waals surface area contributed by atoms with Crippen molar-refractivity contribution in [1.82, 2.24) is 9.80 Å². The lowest BCUT2D eigenvalue weighted by atomic mass is 9.51. The van der Waals surface area contributed by atoms with Gasteiger partial charge in [0.2, 0.25) is 0 Å². The molecule has 0 N–H and O–H groups in total. The molecule has 4 nitrogen and oxygen atoms in total. The van der Waals surface area contributed by atoms with Gasteiger partial charge in [-0.15, -0.1) is 0 Å². The molecular weight excluding hydrogens is 456 g/mol. The largest absolute Gasteiger partial charge is 0.462 e. The highest BCUT2D eigenvalue weighted by molar-refractivity contribution is 5.69. The fraction of sp³-hybridized carbons (Fsp3) is 0.606. The van der Waals surface area contributed by atoms with Crippen LogP contribution >= 0.6 is 0 Å². The van der Waals surface area contributed by atoms with Crippen molar-refractivity contribution in [2.45, 2.75) is 87.7 Å². The van der Waals surface area contributed by atoms with Gasteiger partial charge in [-0.05, 0) is 101 Å². The standard InChI is InChI=1S/C33H44N2O2/c36-31(17-12-20-34-18-10-11-19-34)37-30-25-33(35-21-8-3-9-22-35)23-28(26-13-4-1-5-14-26)32(30)29(24-33)27-15-6-2-7-16-27/h1-2,4-7,13-16,28-30,32H,3,8-12,17-25H2. The minimum Gasteiger partial charge on any atom is -0.462 e. The predicted molar refractivity (Wildman–Crippen MR) is 149 cm³/mol. The highest BCUT2D eigenvalue weighted by Crippen LogP contribution is 2.60. The van der Waals surface area contributed by atoms with Crippen molar-refractivity contribution in [3.05, 3.63) is 71.8 Å². The van der Waals surface area contributed by atoms with Gasteiger partial charge in [0.25, 0.3) is 0 Å². The predicted octanol–water partition coefficient (Wildman–Crippen LogP) is 6.38. The minimum atomic E-state index is -0.0147. The van der Waals surface area contributed by atoms with E-state index in [0.29, 0.717) is 24.2 Å². The molecule has 2 aliphatic heterocycles. The lowest BCUT2D eigenvalue weighted by molar-refractivity contribution is -0.170. The zero-order valence-electron chi connectivity index (χ0n) is 22.4. The number of hydrogen-bond donors (Lipinski definition) is 0. The average Bonchev–Trinajstić information content (AvgIpc) is 3.48. The van der Waals surface area contributed by atoms with Crippen LogP contribution in [-0.2, 0) is 9.53 Å². The van der Waals surface area contributed by atoms with Crippen molar-refractivity contribution in [3.63, 3.8) is 0 Å². The molecule has 0 radical (unpaired) electrons. The fourth-order valence-corrected chi connectivity index (χ4v) is 8.29. The van der Waals surface area contributed by atoms with E-state index < -0.39 is 0 Å². The number of benzene rings is 2. The number of hydrogen-bond acceptors (Lipinski definition) is 4. The van der Waals surface area contributed by atoms with Crippen molar-refractivity contribution >= 4 is 5.97 Å². The van der Waals surface area contributed by atoms with Gasteiger partial charge < -0.3 is 9.64 Å². The number of likely N-dealkylation sites (tertiary alicyclic amines) is 2. The number of piperidine rings is 1. The summed E-state index contributed by atoms with van der Waals surface area (Å²) in [6, 6.07) is 22.2. The smallest absolute Gasteiger partial charge is 0.306 e. The molecule has 198 valence electrons. The summed E-state index contributed by atoms with van der Waals surface area (Å²) < 4.78 is 6.53. The number of carbonyl (C=O) groups is 1. The third-order valence-electron chi connectivity index (χ3n) is 9.96. The van der Waals surface area contributed by atoms with Gasteiger partial charge in [0.1, 0.15) is 6.10 Å². The zero-order chi connectivity index (χ0) is 25.1. The van der Waals surface area contributed by atoms with E-state index in [1.165, 1.54) is 82.3 Å². The third kappa shape index (κ3) is 5.38. The van der Waals surface area contributed by atoms with Crippen LogP contribution in [0.1, 0.15) is 87.2 Å². The maximum absolute atomic E-state index is 13.3. The first-order chi connectivity index (χ1) is 18.2. The second-order valence-corrected chi connectivity index (χ2v) is 12.2. The second-order valence-electron chi connectivity index (χ2n) is 12.2. The zero-order valence-corrected chi connectivity index (χ0v) is 22.4. The maximum Gasteiger partial charge on any atom is 0.306 e. The fourth-order valence-electron chi connectivity index (χ4n) is 8.29. The number of rotatable bonds is 8. The molecule has 3 saturated carbocycles. The van der Waals surface area contributed by atoms with Crippen LogP contribution in [0.4, 0.5) is 0 Å². The van der Waals surface area contributed by atoms with E-state index in [0.717, 1.165) is 19.4 Å². The molecule has 3 aliphatic carbocycles. The van der Waals surface area contributed by atoms with Crippen molar-refractivity contribution in [3.8, 4) is 0 Å². The van der Waals surface area contributed by atoms with Gasteiger partial charge in [-0.3, -0.25) is 9.69 Å². The summed E-state index contributed by atoms with van der Waals surface area (Å²) in [4.78, 5) is 18.6. The summed E-state index contributed by atoms with van der Waals surface area (Å²) in [6.45, 7) is 5.78. The first kappa shape index (κ1) is 25.1. The van der Waals surface area contributed by atoms with Crippen LogP contribution in [0.5, 0.6) is 0 Å². The molecule has 2 aromatic carbocycles. The van der Waals surface area contributed by atoms with Gasteiger partial charge in [0, 0.05) is 24.3 Å². The average molecular weight is 501 g/mol. The summed E-state index contributed by atoms with van der Waals surface area (Å²) in [7, 11) is 0. The third-order valence-corrected chi connectivity index (χ3v) is 9.96. The van der Waals surface area contributed by atoms with Crippen molar-refractivity contribution in [1.29, 1.82) is 0 Å². The Bertz CT molecular complexity index is 964. The highest BCUT2D eigenvalue weighted by atomic mass is 16.5. The number of esters is 1. The molecule has 3 atom stereocenters. The Kier molecular flexibility index (Phi) is 7.67. The summed E-state index contributed by atoms with van der Waals surface area (Å²) >= 11 is 0. The molecule has 5 aliphatic rings. The number of fused-ring (bicyclic) bond motifs is 3. The molecular formula is C33H44N2O2. The summed E-state index contributed by atoms with van der Waals surface area (Å²) in [5, 5.41) is 0. The highest BCUT2D eigenvalue weighted by Gasteiger charge is 2.59. The molecule has 7 rings (SSSR count). The maximum atomic E-state index is 13.3. The van der Waals surface area contributed by atoms with Crippen LogP contribution in [0.3, 0.4) is 0 Å². The lowest BCUT2D eigenvalue weighted by Crippen LogP contribution is -2.64. The molecule has 2 aromatic rings. The van der Waals surface area contributed by atoms with E-state index in [1.807, 2.05) is 0 Å². The molecule has 5 fully saturated rings. The SMILES string of the molecule is O=C(CCCN1CCCC1)OC1CC2(N3CCCCC3)CC(c3ccccc3)C1C(c1ccccc1)C2. The van der Waals surface area contributed by atoms with Gasteiger partial charge >= 0.3 is 5.97 Å². The van der Waals surface area contributed by atoms with Gasteiger partial charge in [-0.25, -0.2) is 0 Å². The van der Waals surface area contributed by atoms with E-state index >= 15 is 0 Å². The quantitative estimate of drug-likeness (QED) is 0.394. The number of nitrogens with zero attached hydrogens (tertiary/aromatic N) is 2. The normalized spacial score (nSPS) is 32.4. The molecule has 0 spiro atoms. The van der Waals surface area contributed by atoms with Gasteiger partial charge in [-0.2, -0.15) is 0 Å². The number of ether oxygens (including phenoxy) is 1.